The number of esters is 1. The van der Waals surface area contributed by atoms with Crippen LogP contribution in [0.3, 0.4) is 0 Å². The van der Waals surface area contributed by atoms with Gasteiger partial charge in [0.25, 0.3) is 15.9 Å². The maximum atomic E-state index is 12.6. The summed E-state index contributed by atoms with van der Waals surface area (Å²) in [6.07, 6.45) is 3.03. The molecule has 8 nitrogen and oxygen atoms in total. The summed E-state index contributed by atoms with van der Waals surface area (Å²) < 4.78 is 37.0. The van der Waals surface area contributed by atoms with E-state index >= 15 is 0 Å². The molecule has 0 N–H and O–H groups in total. The summed E-state index contributed by atoms with van der Waals surface area (Å²) in [4.78, 5) is 25.9. The number of hydrogen-bond donors (Lipinski definition) is 0. The lowest BCUT2D eigenvalue weighted by Crippen LogP contribution is -2.44. The maximum absolute atomic E-state index is 12.6. The van der Waals surface area contributed by atoms with Crippen LogP contribution in [0.2, 0.25) is 0 Å². The number of piperidine rings is 1. The lowest BCUT2D eigenvalue weighted by atomic mass is 10.0. The van der Waals surface area contributed by atoms with Crippen molar-refractivity contribution in [1.82, 2.24) is 4.90 Å². The van der Waals surface area contributed by atoms with Crippen molar-refractivity contribution in [2.24, 2.45) is 0 Å². The van der Waals surface area contributed by atoms with Crippen molar-refractivity contribution in [2.45, 2.75) is 36.4 Å². The third kappa shape index (κ3) is 5.76. The van der Waals surface area contributed by atoms with Crippen molar-refractivity contribution in [3.8, 4) is 5.75 Å². The Morgan fingerprint density at radius 2 is 1.90 bits per heavy atom. The number of likely N-dealkylation sites (tertiary alicyclic amines) is 1. The van der Waals surface area contributed by atoms with Gasteiger partial charge in [-0.2, -0.15) is 0 Å². The molecular formula is C21H26N2O6S2. The van der Waals surface area contributed by atoms with Crippen LogP contribution in [0.4, 0.5) is 5.69 Å². The van der Waals surface area contributed by atoms with E-state index in [-0.39, 0.29) is 29.4 Å². The third-order valence-corrected chi connectivity index (χ3v) is 8.31. The molecule has 1 aliphatic heterocycles. The molecule has 1 fully saturated rings. The Hall–Kier alpha value is -2.59. The molecule has 1 aromatic heterocycles. The first-order valence-electron chi connectivity index (χ1n) is 9.99. The van der Waals surface area contributed by atoms with Crippen molar-refractivity contribution in [2.75, 3.05) is 31.1 Å². The van der Waals surface area contributed by atoms with Gasteiger partial charge in [-0.1, -0.05) is 6.07 Å². The zero-order chi connectivity index (χ0) is 22.4. The van der Waals surface area contributed by atoms with E-state index in [9.17, 15) is 18.0 Å². The monoisotopic (exact) mass is 466 g/mol. The van der Waals surface area contributed by atoms with Crippen LogP contribution in [0.1, 0.15) is 26.2 Å². The highest BCUT2D eigenvalue weighted by Gasteiger charge is 2.24. The minimum atomic E-state index is -3.62. The van der Waals surface area contributed by atoms with Crippen LogP contribution in [-0.2, 0) is 24.3 Å². The molecule has 1 aromatic carbocycles. The van der Waals surface area contributed by atoms with Gasteiger partial charge >= 0.3 is 5.97 Å². The summed E-state index contributed by atoms with van der Waals surface area (Å²) >= 11 is 1.15. The van der Waals surface area contributed by atoms with Gasteiger partial charge in [-0.15, -0.1) is 11.3 Å². The predicted octanol–water partition coefficient (Wildman–Crippen LogP) is 2.90. The van der Waals surface area contributed by atoms with Crippen molar-refractivity contribution < 1.29 is 27.5 Å². The van der Waals surface area contributed by atoms with Crippen molar-refractivity contribution in [3.05, 3.63) is 41.8 Å². The number of amides is 1. The minimum absolute atomic E-state index is 0.163. The third-order valence-electron chi connectivity index (χ3n) is 5.15. The molecule has 2 aromatic rings. The molecule has 168 valence electrons. The molecule has 2 heterocycles. The second kappa shape index (κ2) is 10.1. The van der Waals surface area contributed by atoms with Crippen molar-refractivity contribution in [1.29, 1.82) is 0 Å². The molecule has 1 aliphatic rings. The fourth-order valence-electron chi connectivity index (χ4n) is 3.31. The number of rotatable bonds is 8. The van der Waals surface area contributed by atoms with Crippen LogP contribution in [0.25, 0.3) is 0 Å². The number of ether oxygens (including phenoxy) is 2. The Balaban J connectivity index is 1.47. The molecule has 31 heavy (non-hydrogen) atoms. The Labute approximate surface area is 186 Å². The number of sulfonamides is 1. The molecule has 0 radical (unpaired) electrons. The van der Waals surface area contributed by atoms with E-state index in [4.69, 9.17) is 9.47 Å². The quantitative estimate of drug-likeness (QED) is 0.556. The summed E-state index contributed by atoms with van der Waals surface area (Å²) in [6, 6.07) is 9.72. The number of anilines is 1. The number of carbonyl (C=O) groups excluding carboxylic acids is 2. The Morgan fingerprint density at radius 3 is 2.55 bits per heavy atom. The van der Waals surface area contributed by atoms with E-state index in [0.717, 1.165) is 30.6 Å². The molecule has 1 atom stereocenters. The lowest BCUT2D eigenvalue weighted by Gasteiger charge is -2.33. The normalized spacial score (nSPS) is 16.6. The summed E-state index contributed by atoms with van der Waals surface area (Å²) in [5.74, 6) is -0.446. The summed E-state index contributed by atoms with van der Waals surface area (Å²) in [7, 11) is -2.14. The van der Waals surface area contributed by atoms with E-state index in [1.807, 2.05) is 6.92 Å². The minimum Gasteiger partial charge on any atom is -0.482 e. The summed E-state index contributed by atoms with van der Waals surface area (Å²) in [5, 5.41) is 1.71. The highest BCUT2D eigenvalue weighted by molar-refractivity contribution is 7.94. The highest BCUT2D eigenvalue weighted by Crippen LogP contribution is 2.26. The molecule has 1 unspecified atom stereocenters. The van der Waals surface area contributed by atoms with Gasteiger partial charge in [0.1, 0.15) is 9.96 Å². The lowest BCUT2D eigenvalue weighted by molar-refractivity contribution is -0.154. The molecule has 10 heteroatoms. The predicted molar refractivity (Wildman–Crippen MR) is 118 cm³/mol. The molecule has 1 saturated heterocycles. The van der Waals surface area contributed by atoms with E-state index in [2.05, 4.69) is 0 Å². The number of carbonyl (C=O) groups is 2. The van der Waals surface area contributed by atoms with E-state index in [0.29, 0.717) is 18.0 Å². The molecule has 1 amide bonds. The largest absolute Gasteiger partial charge is 0.482 e. The van der Waals surface area contributed by atoms with Gasteiger partial charge < -0.3 is 14.4 Å². The van der Waals surface area contributed by atoms with E-state index in [1.165, 1.54) is 11.4 Å². The van der Waals surface area contributed by atoms with Gasteiger partial charge in [-0.05, 0) is 61.9 Å². The van der Waals surface area contributed by atoms with Gasteiger partial charge in [0.15, 0.2) is 13.2 Å². The topological polar surface area (TPSA) is 93.2 Å². The number of hydrogen-bond acceptors (Lipinski definition) is 7. The van der Waals surface area contributed by atoms with Gasteiger partial charge in [0.05, 0.1) is 5.69 Å². The molecule has 3 rings (SSSR count). The second-order valence-corrected chi connectivity index (χ2v) is 10.4. The van der Waals surface area contributed by atoms with E-state index in [1.54, 1.807) is 46.7 Å². The first-order valence-corrected chi connectivity index (χ1v) is 12.3. The first-order chi connectivity index (χ1) is 14.8. The van der Waals surface area contributed by atoms with Crippen molar-refractivity contribution >= 4 is 38.9 Å². The molecule has 0 bridgehead atoms. The Morgan fingerprint density at radius 1 is 1.16 bits per heavy atom. The average molecular weight is 467 g/mol. The van der Waals surface area contributed by atoms with Gasteiger partial charge in [-0.25, -0.2) is 13.2 Å². The Bertz CT molecular complexity index is 989. The molecular weight excluding hydrogens is 440 g/mol. The molecule has 0 aliphatic carbocycles. The van der Waals surface area contributed by atoms with Crippen LogP contribution < -0.4 is 9.04 Å². The summed E-state index contributed by atoms with van der Waals surface area (Å²) in [5.41, 5.74) is 0.463. The van der Waals surface area contributed by atoms with Gasteiger partial charge in [-0.3, -0.25) is 9.10 Å². The van der Waals surface area contributed by atoms with E-state index < -0.39 is 16.0 Å². The zero-order valence-corrected chi connectivity index (χ0v) is 19.2. The van der Waals surface area contributed by atoms with Gasteiger partial charge in [0.2, 0.25) is 0 Å². The standard InChI is InChI=1S/C21H26N2O6S2/c1-16-6-3-4-12-23(16)19(24)14-29-20(25)15-28-18-10-8-17(9-11-18)22(2)31(26,27)21-7-5-13-30-21/h5,7-11,13,16H,3-4,6,12,14-15H2,1-2H3. The highest BCUT2D eigenvalue weighted by atomic mass is 32.2. The fourth-order valence-corrected chi connectivity index (χ4v) is 5.67. The fraction of sp³-hybridized carbons (Fsp3) is 0.429. The molecule has 0 spiro atoms. The number of benzene rings is 1. The molecule has 0 saturated carbocycles. The Kier molecular flexibility index (Phi) is 7.55. The van der Waals surface area contributed by atoms with Crippen LogP contribution in [-0.4, -0.2) is 58.0 Å². The summed E-state index contributed by atoms with van der Waals surface area (Å²) in [6.45, 7) is 2.05. The van der Waals surface area contributed by atoms with Crippen LogP contribution in [0.5, 0.6) is 5.75 Å². The second-order valence-electron chi connectivity index (χ2n) is 7.28. The van der Waals surface area contributed by atoms with Gasteiger partial charge in [0, 0.05) is 19.6 Å². The van der Waals surface area contributed by atoms with Crippen LogP contribution in [0, 0.1) is 0 Å². The first kappa shape index (κ1) is 23.1. The van der Waals surface area contributed by atoms with Crippen molar-refractivity contribution in [3.63, 3.8) is 0 Å². The SMILES string of the molecule is CC1CCCCN1C(=O)COC(=O)COc1ccc(N(C)S(=O)(=O)c2cccs2)cc1. The average Bonchev–Trinajstić information content (AvgIpc) is 3.32. The zero-order valence-electron chi connectivity index (χ0n) is 17.5. The number of nitrogens with zero attached hydrogens (tertiary/aromatic N) is 2. The van der Waals surface area contributed by atoms with Crippen LogP contribution >= 0.6 is 11.3 Å². The smallest absolute Gasteiger partial charge is 0.344 e. The maximum Gasteiger partial charge on any atom is 0.344 e. The number of thiophene rings is 1. The van der Waals surface area contributed by atoms with Crippen LogP contribution in [0.15, 0.2) is 46.0 Å².